The molecule has 0 spiro atoms. The van der Waals surface area contributed by atoms with Gasteiger partial charge in [0, 0.05) is 6.04 Å². The third-order valence-corrected chi connectivity index (χ3v) is 5.15. The Morgan fingerprint density at radius 1 is 1.29 bits per heavy atom. The van der Waals surface area contributed by atoms with Crippen molar-refractivity contribution in [1.82, 2.24) is 9.97 Å². The van der Waals surface area contributed by atoms with E-state index in [2.05, 4.69) is 33.7 Å². The second-order valence-electron chi connectivity index (χ2n) is 5.83. The Hall–Kier alpha value is -1.40. The van der Waals surface area contributed by atoms with Crippen molar-refractivity contribution < 1.29 is 0 Å². The Morgan fingerprint density at radius 2 is 2.10 bits per heavy atom. The van der Waals surface area contributed by atoms with Crippen molar-refractivity contribution >= 4 is 33.3 Å². The molecular formula is C15H23N5S. The molecule has 0 aliphatic heterocycles. The summed E-state index contributed by atoms with van der Waals surface area (Å²) in [5.74, 6) is 7.77. The van der Waals surface area contributed by atoms with E-state index in [1.54, 1.807) is 11.3 Å². The topological polar surface area (TPSA) is 75.9 Å². The zero-order chi connectivity index (χ0) is 14.7. The lowest BCUT2D eigenvalue weighted by atomic mass is 9.83. The quantitative estimate of drug-likeness (QED) is 0.579. The highest BCUT2D eigenvalue weighted by Gasteiger charge is 2.21. The first-order chi connectivity index (χ1) is 10.3. The summed E-state index contributed by atoms with van der Waals surface area (Å²) in [6, 6.07) is 2.59. The average molecular weight is 305 g/mol. The van der Waals surface area contributed by atoms with Crippen LogP contribution in [-0.2, 0) is 0 Å². The fourth-order valence-electron chi connectivity index (χ4n) is 3.23. The van der Waals surface area contributed by atoms with Crippen molar-refractivity contribution in [2.75, 3.05) is 10.7 Å². The van der Waals surface area contributed by atoms with Gasteiger partial charge in [-0.25, -0.2) is 10.8 Å². The van der Waals surface area contributed by atoms with Gasteiger partial charge in [-0.3, -0.25) is 5.43 Å². The second kappa shape index (κ2) is 6.58. The van der Waals surface area contributed by atoms with Gasteiger partial charge in [0.1, 0.15) is 10.6 Å². The first-order valence-electron chi connectivity index (χ1n) is 7.78. The number of hydrogen-bond donors (Lipinski definition) is 3. The van der Waals surface area contributed by atoms with Crippen LogP contribution in [0.5, 0.6) is 0 Å². The summed E-state index contributed by atoms with van der Waals surface area (Å²) in [5, 5.41) is 6.74. The molecule has 2 heterocycles. The Kier molecular flexibility index (Phi) is 4.55. The van der Waals surface area contributed by atoms with Crippen LogP contribution in [0, 0.1) is 5.92 Å². The highest BCUT2D eigenvalue weighted by atomic mass is 32.1. The van der Waals surface area contributed by atoms with Gasteiger partial charge in [0.25, 0.3) is 0 Å². The number of aromatic nitrogens is 2. The monoisotopic (exact) mass is 305 g/mol. The molecule has 1 fully saturated rings. The number of nitrogen functional groups attached to an aromatic ring is 1. The number of rotatable bonds is 5. The average Bonchev–Trinajstić information content (AvgIpc) is 2.98. The molecule has 0 bridgehead atoms. The smallest absolute Gasteiger partial charge is 0.240 e. The Bertz CT molecular complexity index is 589. The predicted octanol–water partition coefficient (Wildman–Crippen LogP) is 3.75. The van der Waals surface area contributed by atoms with E-state index >= 15 is 0 Å². The standard InChI is InChI=1S/C15H23N5S/c1-2-3-10-4-6-11(7-5-10)17-13-12-8-9-21-14(12)19-15(18-13)20-16/h8-11H,2-7,16H2,1H3,(H2,17,18,19,20). The Labute approximate surface area is 129 Å². The van der Waals surface area contributed by atoms with Gasteiger partial charge in [0.05, 0.1) is 5.39 Å². The first kappa shape index (κ1) is 14.5. The molecule has 0 unspecified atom stereocenters. The van der Waals surface area contributed by atoms with Crippen LogP contribution in [0.4, 0.5) is 11.8 Å². The van der Waals surface area contributed by atoms with Crippen LogP contribution in [0.25, 0.3) is 10.2 Å². The largest absolute Gasteiger partial charge is 0.367 e. The third-order valence-electron chi connectivity index (χ3n) is 4.34. The fourth-order valence-corrected chi connectivity index (χ4v) is 3.99. The molecule has 0 radical (unpaired) electrons. The molecule has 0 aromatic carbocycles. The molecule has 3 rings (SSSR count). The number of hydrazine groups is 1. The maximum atomic E-state index is 5.47. The van der Waals surface area contributed by atoms with E-state index in [1.807, 2.05) is 5.38 Å². The molecule has 5 nitrogen and oxygen atoms in total. The molecule has 114 valence electrons. The molecule has 21 heavy (non-hydrogen) atoms. The normalized spacial score (nSPS) is 22.4. The van der Waals surface area contributed by atoms with Gasteiger partial charge < -0.3 is 5.32 Å². The SMILES string of the molecule is CCCC1CCC(Nc2nc(NN)nc3sccc23)CC1. The van der Waals surface area contributed by atoms with Crippen LogP contribution >= 0.6 is 11.3 Å². The number of thiophene rings is 1. The van der Waals surface area contributed by atoms with Crippen molar-refractivity contribution in [3.05, 3.63) is 11.4 Å². The molecule has 6 heteroatoms. The number of nitrogens with zero attached hydrogens (tertiary/aromatic N) is 2. The molecule has 1 aliphatic rings. The lowest BCUT2D eigenvalue weighted by molar-refractivity contribution is 0.318. The zero-order valence-corrected chi connectivity index (χ0v) is 13.2. The van der Waals surface area contributed by atoms with Crippen molar-refractivity contribution in [2.24, 2.45) is 11.8 Å². The maximum Gasteiger partial charge on any atom is 0.240 e. The summed E-state index contributed by atoms with van der Waals surface area (Å²) in [7, 11) is 0. The van der Waals surface area contributed by atoms with E-state index in [0.29, 0.717) is 12.0 Å². The number of anilines is 2. The Balaban J connectivity index is 1.72. The van der Waals surface area contributed by atoms with Crippen LogP contribution in [-0.4, -0.2) is 16.0 Å². The molecule has 2 aromatic rings. The highest BCUT2D eigenvalue weighted by Crippen LogP contribution is 2.32. The van der Waals surface area contributed by atoms with Gasteiger partial charge in [0.2, 0.25) is 5.95 Å². The van der Waals surface area contributed by atoms with Crippen LogP contribution < -0.4 is 16.6 Å². The van der Waals surface area contributed by atoms with Crippen LogP contribution in [0.2, 0.25) is 0 Å². The summed E-state index contributed by atoms with van der Waals surface area (Å²) in [5.41, 5.74) is 2.55. The molecule has 1 saturated carbocycles. The minimum absolute atomic E-state index is 0.479. The summed E-state index contributed by atoms with van der Waals surface area (Å²) in [4.78, 5) is 9.84. The highest BCUT2D eigenvalue weighted by molar-refractivity contribution is 7.16. The van der Waals surface area contributed by atoms with E-state index in [1.165, 1.54) is 38.5 Å². The molecule has 4 N–H and O–H groups in total. The van der Waals surface area contributed by atoms with Gasteiger partial charge in [-0.1, -0.05) is 19.8 Å². The van der Waals surface area contributed by atoms with Gasteiger partial charge in [-0.05, 0) is 43.0 Å². The van der Waals surface area contributed by atoms with Crippen molar-refractivity contribution in [3.8, 4) is 0 Å². The van der Waals surface area contributed by atoms with Gasteiger partial charge in [-0.2, -0.15) is 4.98 Å². The van der Waals surface area contributed by atoms with Crippen LogP contribution in [0.1, 0.15) is 45.4 Å². The van der Waals surface area contributed by atoms with Crippen molar-refractivity contribution in [2.45, 2.75) is 51.5 Å². The van der Waals surface area contributed by atoms with Gasteiger partial charge in [-0.15, -0.1) is 11.3 Å². The number of nitrogens with two attached hydrogens (primary N) is 1. The molecule has 0 amide bonds. The van der Waals surface area contributed by atoms with E-state index in [-0.39, 0.29) is 0 Å². The van der Waals surface area contributed by atoms with E-state index in [9.17, 15) is 0 Å². The van der Waals surface area contributed by atoms with Crippen molar-refractivity contribution in [1.29, 1.82) is 0 Å². The van der Waals surface area contributed by atoms with E-state index < -0.39 is 0 Å². The van der Waals surface area contributed by atoms with Gasteiger partial charge >= 0.3 is 0 Å². The summed E-state index contributed by atoms with van der Waals surface area (Å²) in [6.07, 6.45) is 7.78. The van der Waals surface area contributed by atoms with E-state index in [0.717, 1.165) is 22.0 Å². The molecule has 2 aromatic heterocycles. The van der Waals surface area contributed by atoms with Crippen molar-refractivity contribution in [3.63, 3.8) is 0 Å². The molecule has 0 atom stereocenters. The summed E-state index contributed by atoms with van der Waals surface area (Å²) in [6.45, 7) is 2.28. The summed E-state index contributed by atoms with van der Waals surface area (Å²) >= 11 is 1.61. The molecule has 0 saturated heterocycles. The predicted molar refractivity (Wildman–Crippen MR) is 89.5 cm³/mol. The third kappa shape index (κ3) is 3.27. The molecule has 1 aliphatic carbocycles. The lowest BCUT2D eigenvalue weighted by Crippen LogP contribution is -2.27. The summed E-state index contributed by atoms with van der Waals surface area (Å²) < 4.78 is 0. The van der Waals surface area contributed by atoms with Crippen LogP contribution in [0.3, 0.4) is 0 Å². The fraction of sp³-hybridized carbons (Fsp3) is 0.600. The number of hydrogen-bond acceptors (Lipinski definition) is 6. The number of nitrogens with one attached hydrogen (secondary N) is 2. The first-order valence-corrected chi connectivity index (χ1v) is 8.66. The maximum absolute atomic E-state index is 5.47. The van der Waals surface area contributed by atoms with Crippen LogP contribution in [0.15, 0.2) is 11.4 Å². The minimum atomic E-state index is 0.479. The number of fused-ring (bicyclic) bond motifs is 1. The minimum Gasteiger partial charge on any atom is -0.367 e. The van der Waals surface area contributed by atoms with E-state index in [4.69, 9.17) is 5.84 Å². The zero-order valence-electron chi connectivity index (χ0n) is 12.4. The lowest BCUT2D eigenvalue weighted by Gasteiger charge is -2.29. The Morgan fingerprint density at radius 3 is 2.81 bits per heavy atom. The van der Waals surface area contributed by atoms with Gasteiger partial charge in [0.15, 0.2) is 0 Å². The molecular weight excluding hydrogens is 282 g/mol. The second-order valence-corrected chi connectivity index (χ2v) is 6.72.